The highest BCUT2D eigenvalue weighted by atomic mass is 19.1. The average molecular weight is 317 g/mol. The zero-order valence-corrected chi connectivity index (χ0v) is 13.5. The second-order valence-corrected chi connectivity index (χ2v) is 5.79. The number of aryl methyl sites for hydroxylation is 1. The lowest BCUT2D eigenvalue weighted by Gasteiger charge is -2.12. The molecule has 0 aliphatic heterocycles. The van der Waals surface area contributed by atoms with Crippen LogP contribution in [0.5, 0.6) is 0 Å². The zero-order valence-electron chi connectivity index (χ0n) is 13.5. The standard InChI is InChI=1S/C17H20FN3O2/c1-12-4-7-16(17(8-12)21(22)23)19-10-13-5-6-14(11-20(2)3)15(18)9-13/h4-9,19H,10-11H2,1-3H3. The Morgan fingerprint density at radius 2 is 1.96 bits per heavy atom. The number of rotatable bonds is 6. The molecule has 2 aromatic rings. The number of nitro groups is 1. The lowest BCUT2D eigenvalue weighted by atomic mass is 10.1. The van der Waals surface area contributed by atoms with Crippen LogP contribution in [0.3, 0.4) is 0 Å². The van der Waals surface area contributed by atoms with Gasteiger partial charge in [0.2, 0.25) is 0 Å². The summed E-state index contributed by atoms with van der Waals surface area (Å²) in [7, 11) is 3.76. The van der Waals surface area contributed by atoms with E-state index < -0.39 is 4.92 Å². The van der Waals surface area contributed by atoms with Crippen molar-refractivity contribution in [2.24, 2.45) is 0 Å². The lowest BCUT2D eigenvalue weighted by Crippen LogP contribution is -2.12. The zero-order chi connectivity index (χ0) is 17.0. The second-order valence-electron chi connectivity index (χ2n) is 5.79. The van der Waals surface area contributed by atoms with E-state index >= 15 is 0 Å². The molecule has 5 nitrogen and oxygen atoms in total. The van der Waals surface area contributed by atoms with Gasteiger partial charge in [-0.1, -0.05) is 18.2 Å². The number of anilines is 1. The van der Waals surface area contributed by atoms with E-state index in [2.05, 4.69) is 5.32 Å². The van der Waals surface area contributed by atoms with Crippen LogP contribution >= 0.6 is 0 Å². The van der Waals surface area contributed by atoms with Gasteiger partial charge in [-0.25, -0.2) is 4.39 Å². The molecule has 2 rings (SSSR count). The first kappa shape index (κ1) is 16.9. The Labute approximate surface area is 134 Å². The molecule has 0 aliphatic carbocycles. The van der Waals surface area contributed by atoms with Crippen LogP contribution in [-0.2, 0) is 13.1 Å². The van der Waals surface area contributed by atoms with E-state index in [1.165, 1.54) is 12.1 Å². The molecule has 1 N–H and O–H groups in total. The van der Waals surface area contributed by atoms with Crippen LogP contribution in [0, 0.1) is 22.9 Å². The van der Waals surface area contributed by atoms with Crippen LogP contribution in [0.15, 0.2) is 36.4 Å². The van der Waals surface area contributed by atoms with Crippen LogP contribution in [0.1, 0.15) is 16.7 Å². The molecule has 0 unspecified atom stereocenters. The highest BCUT2D eigenvalue weighted by Gasteiger charge is 2.13. The van der Waals surface area contributed by atoms with Crippen molar-refractivity contribution in [2.45, 2.75) is 20.0 Å². The summed E-state index contributed by atoms with van der Waals surface area (Å²) in [5, 5.41) is 14.1. The van der Waals surface area contributed by atoms with E-state index in [1.807, 2.05) is 25.1 Å². The molecule has 0 bridgehead atoms. The summed E-state index contributed by atoms with van der Waals surface area (Å²) in [5.74, 6) is -0.267. The van der Waals surface area contributed by atoms with Crippen molar-refractivity contribution >= 4 is 11.4 Å². The molecule has 0 saturated carbocycles. The summed E-state index contributed by atoms with van der Waals surface area (Å²) in [4.78, 5) is 12.6. The van der Waals surface area contributed by atoms with Crippen molar-refractivity contribution in [3.8, 4) is 0 Å². The topological polar surface area (TPSA) is 58.4 Å². The normalized spacial score (nSPS) is 10.8. The van der Waals surface area contributed by atoms with Gasteiger partial charge in [-0.2, -0.15) is 0 Å². The van der Waals surface area contributed by atoms with Gasteiger partial charge in [0.05, 0.1) is 4.92 Å². The van der Waals surface area contributed by atoms with Crippen LogP contribution in [-0.4, -0.2) is 23.9 Å². The quantitative estimate of drug-likeness (QED) is 0.652. The fourth-order valence-corrected chi connectivity index (χ4v) is 2.31. The average Bonchev–Trinajstić information content (AvgIpc) is 2.48. The molecule has 0 amide bonds. The minimum absolute atomic E-state index is 0.0229. The highest BCUT2D eigenvalue weighted by Crippen LogP contribution is 2.26. The van der Waals surface area contributed by atoms with Crippen molar-refractivity contribution in [1.29, 1.82) is 0 Å². The van der Waals surface area contributed by atoms with Gasteiger partial charge in [0.1, 0.15) is 11.5 Å². The molecule has 0 fully saturated rings. The molecule has 0 spiro atoms. The molecule has 0 aliphatic rings. The van der Waals surface area contributed by atoms with E-state index in [1.54, 1.807) is 25.1 Å². The Morgan fingerprint density at radius 1 is 1.22 bits per heavy atom. The van der Waals surface area contributed by atoms with E-state index in [-0.39, 0.29) is 11.5 Å². The van der Waals surface area contributed by atoms with Gasteiger partial charge in [-0.3, -0.25) is 10.1 Å². The molecule has 0 saturated heterocycles. The first-order chi connectivity index (χ1) is 10.9. The highest BCUT2D eigenvalue weighted by molar-refractivity contribution is 5.62. The molecular weight excluding hydrogens is 297 g/mol. The lowest BCUT2D eigenvalue weighted by molar-refractivity contribution is -0.384. The molecule has 122 valence electrons. The number of halogens is 1. The van der Waals surface area contributed by atoms with E-state index in [0.717, 1.165) is 11.1 Å². The molecule has 0 aromatic heterocycles. The summed E-state index contributed by atoms with van der Waals surface area (Å²) in [6, 6.07) is 10.0. The van der Waals surface area contributed by atoms with Crippen LogP contribution < -0.4 is 5.32 Å². The fourth-order valence-electron chi connectivity index (χ4n) is 2.31. The maximum Gasteiger partial charge on any atom is 0.292 e. The van der Waals surface area contributed by atoms with Crippen molar-refractivity contribution in [3.63, 3.8) is 0 Å². The van der Waals surface area contributed by atoms with Crippen molar-refractivity contribution in [1.82, 2.24) is 4.90 Å². The minimum atomic E-state index is -0.421. The number of benzene rings is 2. The summed E-state index contributed by atoms with van der Waals surface area (Å²) in [6.07, 6.45) is 0. The Morgan fingerprint density at radius 3 is 2.57 bits per heavy atom. The Balaban J connectivity index is 2.12. The molecular formula is C17H20FN3O2. The van der Waals surface area contributed by atoms with Crippen molar-refractivity contribution < 1.29 is 9.31 Å². The van der Waals surface area contributed by atoms with Crippen LogP contribution in [0.4, 0.5) is 15.8 Å². The Kier molecular flexibility index (Phi) is 5.28. The van der Waals surface area contributed by atoms with Gasteiger partial charge in [-0.05, 0) is 44.3 Å². The number of hydrogen-bond donors (Lipinski definition) is 1. The summed E-state index contributed by atoms with van der Waals surface area (Å²) >= 11 is 0. The molecule has 6 heteroatoms. The number of nitrogens with one attached hydrogen (secondary N) is 1. The first-order valence-corrected chi connectivity index (χ1v) is 7.28. The van der Waals surface area contributed by atoms with Crippen LogP contribution in [0.25, 0.3) is 0 Å². The molecule has 2 aromatic carbocycles. The van der Waals surface area contributed by atoms with E-state index in [9.17, 15) is 14.5 Å². The first-order valence-electron chi connectivity index (χ1n) is 7.28. The van der Waals surface area contributed by atoms with Gasteiger partial charge >= 0.3 is 0 Å². The second kappa shape index (κ2) is 7.19. The summed E-state index contributed by atoms with van der Waals surface area (Å²) in [6.45, 7) is 2.65. The number of hydrogen-bond acceptors (Lipinski definition) is 4. The predicted molar refractivity (Wildman–Crippen MR) is 89.0 cm³/mol. The molecule has 0 atom stereocenters. The predicted octanol–water partition coefficient (Wildman–Crippen LogP) is 3.72. The van der Waals surface area contributed by atoms with Gasteiger partial charge < -0.3 is 10.2 Å². The van der Waals surface area contributed by atoms with E-state index in [0.29, 0.717) is 24.3 Å². The Hall–Kier alpha value is -2.47. The Bertz CT molecular complexity index is 717. The maximum atomic E-state index is 14.0. The number of nitro benzene ring substituents is 1. The maximum absolute atomic E-state index is 14.0. The van der Waals surface area contributed by atoms with Crippen molar-refractivity contribution in [3.05, 3.63) is 69.0 Å². The molecule has 0 radical (unpaired) electrons. The summed E-state index contributed by atoms with van der Waals surface area (Å²) in [5.41, 5.74) is 2.63. The number of nitrogens with zero attached hydrogens (tertiary/aromatic N) is 2. The third kappa shape index (κ3) is 4.50. The third-order valence-electron chi connectivity index (χ3n) is 3.44. The fraction of sp³-hybridized carbons (Fsp3) is 0.294. The van der Waals surface area contributed by atoms with Gasteiger partial charge in [0, 0.05) is 24.7 Å². The van der Waals surface area contributed by atoms with Gasteiger partial charge in [0.15, 0.2) is 0 Å². The van der Waals surface area contributed by atoms with Gasteiger partial charge in [-0.15, -0.1) is 0 Å². The van der Waals surface area contributed by atoms with Crippen molar-refractivity contribution in [2.75, 3.05) is 19.4 Å². The monoisotopic (exact) mass is 317 g/mol. The minimum Gasteiger partial charge on any atom is -0.375 e. The molecule has 0 heterocycles. The smallest absolute Gasteiger partial charge is 0.292 e. The summed E-state index contributed by atoms with van der Waals surface area (Å²) < 4.78 is 14.0. The molecule has 23 heavy (non-hydrogen) atoms. The SMILES string of the molecule is Cc1ccc(NCc2ccc(CN(C)C)c(F)c2)c([N+](=O)[O-])c1. The van der Waals surface area contributed by atoms with E-state index in [4.69, 9.17) is 0 Å². The third-order valence-corrected chi connectivity index (χ3v) is 3.44. The van der Waals surface area contributed by atoms with Crippen LogP contribution in [0.2, 0.25) is 0 Å². The largest absolute Gasteiger partial charge is 0.375 e. The van der Waals surface area contributed by atoms with Gasteiger partial charge in [0.25, 0.3) is 5.69 Å².